The first-order valence-corrected chi connectivity index (χ1v) is 7.19. The number of ether oxygens (including phenoxy) is 1. The molecule has 4 nitrogen and oxygen atoms in total. The second-order valence-corrected chi connectivity index (χ2v) is 4.92. The minimum absolute atomic E-state index is 0.0632. The Morgan fingerprint density at radius 3 is 2.64 bits per heavy atom. The fourth-order valence-corrected chi connectivity index (χ4v) is 1.87. The van der Waals surface area contributed by atoms with E-state index in [-0.39, 0.29) is 5.69 Å². The Bertz CT molecular complexity index is 642. The molecule has 0 saturated carbocycles. The lowest BCUT2D eigenvalue weighted by molar-refractivity contribution is 0.102. The highest BCUT2D eigenvalue weighted by atomic mass is 19.1. The molecule has 0 fully saturated rings. The van der Waals surface area contributed by atoms with E-state index in [0.29, 0.717) is 23.6 Å². The zero-order valence-electron chi connectivity index (χ0n) is 12.4. The fourth-order valence-electron chi connectivity index (χ4n) is 1.87. The van der Waals surface area contributed by atoms with E-state index in [2.05, 4.69) is 12.2 Å². The van der Waals surface area contributed by atoms with Gasteiger partial charge in [0.1, 0.15) is 11.6 Å². The van der Waals surface area contributed by atoms with Crippen LogP contribution in [0, 0.1) is 5.82 Å². The molecule has 0 unspecified atom stereocenters. The average Bonchev–Trinajstić information content (AvgIpc) is 2.52. The first kappa shape index (κ1) is 15.8. The molecule has 0 bridgehead atoms. The van der Waals surface area contributed by atoms with E-state index in [1.54, 1.807) is 24.3 Å². The predicted molar refractivity (Wildman–Crippen MR) is 85.6 cm³/mol. The lowest BCUT2D eigenvalue weighted by Crippen LogP contribution is -2.13. The molecule has 3 N–H and O–H groups in total. The molecular formula is C17H19FN2O2. The number of carbonyl (C=O) groups is 1. The molecule has 2 aromatic carbocycles. The van der Waals surface area contributed by atoms with Gasteiger partial charge < -0.3 is 15.8 Å². The van der Waals surface area contributed by atoms with Crippen LogP contribution in [0.2, 0.25) is 0 Å². The summed E-state index contributed by atoms with van der Waals surface area (Å²) in [4.78, 5) is 12.1. The van der Waals surface area contributed by atoms with Crippen LogP contribution in [0.1, 0.15) is 30.1 Å². The Hall–Kier alpha value is -2.56. The van der Waals surface area contributed by atoms with Crippen LogP contribution in [0.15, 0.2) is 42.5 Å². The van der Waals surface area contributed by atoms with Crippen molar-refractivity contribution in [3.05, 3.63) is 53.8 Å². The second kappa shape index (κ2) is 7.45. The largest absolute Gasteiger partial charge is 0.494 e. The van der Waals surface area contributed by atoms with Crippen LogP contribution in [-0.2, 0) is 0 Å². The number of hydrogen-bond acceptors (Lipinski definition) is 3. The second-order valence-electron chi connectivity index (χ2n) is 4.92. The number of nitrogens with one attached hydrogen (secondary N) is 1. The van der Waals surface area contributed by atoms with E-state index >= 15 is 0 Å². The lowest BCUT2D eigenvalue weighted by Gasteiger charge is -2.09. The summed E-state index contributed by atoms with van der Waals surface area (Å²) in [6.45, 7) is 2.74. The number of nitrogens with two attached hydrogens (primary N) is 1. The number of carbonyl (C=O) groups excluding carboxylic acids is 1. The molecule has 0 aliphatic heterocycles. The summed E-state index contributed by atoms with van der Waals surface area (Å²) in [6.07, 6.45) is 2.04. The van der Waals surface area contributed by atoms with Gasteiger partial charge in [-0.05, 0) is 48.9 Å². The van der Waals surface area contributed by atoms with Gasteiger partial charge in [0.05, 0.1) is 12.3 Å². The monoisotopic (exact) mass is 302 g/mol. The zero-order valence-corrected chi connectivity index (χ0v) is 12.4. The summed E-state index contributed by atoms with van der Waals surface area (Å²) >= 11 is 0. The van der Waals surface area contributed by atoms with Crippen LogP contribution in [0.4, 0.5) is 15.8 Å². The molecule has 0 spiro atoms. The van der Waals surface area contributed by atoms with Crippen LogP contribution in [-0.4, -0.2) is 12.5 Å². The van der Waals surface area contributed by atoms with Crippen LogP contribution >= 0.6 is 0 Å². The van der Waals surface area contributed by atoms with Gasteiger partial charge in [-0.25, -0.2) is 4.39 Å². The third-order valence-corrected chi connectivity index (χ3v) is 3.12. The number of anilines is 2. The van der Waals surface area contributed by atoms with Crippen molar-refractivity contribution in [2.75, 3.05) is 17.7 Å². The third kappa shape index (κ3) is 4.22. The van der Waals surface area contributed by atoms with Crippen molar-refractivity contribution in [3.8, 4) is 5.75 Å². The molecule has 0 aliphatic carbocycles. The van der Waals surface area contributed by atoms with Crippen LogP contribution in [0.25, 0.3) is 0 Å². The number of unbranched alkanes of at least 4 members (excludes halogenated alkanes) is 1. The summed E-state index contributed by atoms with van der Waals surface area (Å²) < 4.78 is 19.1. The Kier molecular flexibility index (Phi) is 5.36. The van der Waals surface area contributed by atoms with Crippen molar-refractivity contribution in [1.29, 1.82) is 0 Å². The third-order valence-electron chi connectivity index (χ3n) is 3.12. The number of amides is 1. The first-order chi connectivity index (χ1) is 10.6. The zero-order chi connectivity index (χ0) is 15.9. The van der Waals surface area contributed by atoms with Gasteiger partial charge in [-0.15, -0.1) is 0 Å². The highest BCUT2D eigenvalue weighted by Crippen LogP contribution is 2.19. The Labute approximate surface area is 129 Å². The van der Waals surface area contributed by atoms with Crippen molar-refractivity contribution < 1.29 is 13.9 Å². The van der Waals surface area contributed by atoms with Gasteiger partial charge in [-0.1, -0.05) is 13.3 Å². The average molecular weight is 302 g/mol. The summed E-state index contributed by atoms with van der Waals surface area (Å²) in [6, 6.07) is 10.8. The molecule has 0 aliphatic rings. The Morgan fingerprint density at radius 1 is 1.23 bits per heavy atom. The van der Waals surface area contributed by atoms with E-state index in [9.17, 15) is 9.18 Å². The Morgan fingerprint density at radius 2 is 1.95 bits per heavy atom. The molecule has 116 valence electrons. The molecule has 1 amide bonds. The smallest absolute Gasteiger partial charge is 0.255 e. The number of halogens is 1. The van der Waals surface area contributed by atoms with Gasteiger partial charge in [0.2, 0.25) is 0 Å². The number of rotatable bonds is 6. The lowest BCUT2D eigenvalue weighted by atomic mass is 10.2. The molecule has 0 saturated heterocycles. The molecule has 2 rings (SSSR count). The molecule has 0 aromatic heterocycles. The van der Waals surface area contributed by atoms with Crippen molar-refractivity contribution in [1.82, 2.24) is 0 Å². The van der Waals surface area contributed by atoms with Gasteiger partial charge >= 0.3 is 0 Å². The maximum Gasteiger partial charge on any atom is 0.255 e. The van der Waals surface area contributed by atoms with E-state index in [1.807, 2.05) is 0 Å². The maximum absolute atomic E-state index is 13.6. The van der Waals surface area contributed by atoms with E-state index in [0.717, 1.165) is 12.8 Å². The van der Waals surface area contributed by atoms with Crippen molar-refractivity contribution >= 4 is 17.3 Å². The molecule has 22 heavy (non-hydrogen) atoms. The normalized spacial score (nSPS) is 10.3. The fraction of sp³-hybridized carbons (Fsp3) is 0.235. The molecule has 0 radical (unpaired) electrons. The summed E-state index contributed by atoms with van der Waals surface area (Å²) in [7, 11) is 0. The van der Waals surface area contributed by atoms with E-state index in [1.165, 1.54) is 18.2 Å². The SMILES string of the molecule is CCCCOc1ccc(C(=O)Nc2cc(N)ccc2F)cc1. The van der Waals surface area contributed by atoms with Crippen molar-refractivity contribution in [3.63, 3.8) is 0 Å². The van der Waals surface area contributed by atoms with Gasteiger partial charge in [-0.2, -0.15) is 0 Å². The first-order valence-electron chi connectivity index (χ1n) is 7.19. The van der Waals surface area contributed by atoms with Crippen LogP contribution in [0.5, 0.6) is 5.75 Å². The van der Waals surface area contributed by atoms with Gasteiger partial charge in [-0.3, -0.25) is 4.79 Å². The van der Waals surface area contributed by atoms with E-state index in [4.69, 9.17) is 10.5 Å². The highest BCUT2D eigenvalue weighted by Gasteiger charge is 2.10. The minimum Gasteiger partial charge on any atom is -0.494 e. The van der Waals surface area contributed by atoms with Gasteiger partial charge in [0.15, 0.2) is 0 Å². The molecule has 5 heteroatoms. The van der Waals surface area contributed by atoms with Crippen molar-refractivity contribution in [2.24, 2.45) is 0 Å². The Balaban J connectivity index is 2.02. The molecule has 0 heterocycles. The van der Waals surface area contributed by atoms with Crippen LogP contribution < -0.4 is 15.8 Å². The molecule has 0 atom stereocenters. The predicted octanol–water partition coefficient (Wildman–Crippen LogP) is 3.84. The number of benzene rings is 2. The summed E-state index contributed by atoms with van der Waals surface area (Å²) in [5.41, 5.74) is 6.45. The van der Waals surface area contributed by atoms with E-state index < -0.39 is 11.7 Å². The quantitative estimate of drug-likeness (QED) is 0.629. The van der Waals surface area contributed by atoms with Gasteiger partial charge in [0, 0.05) is 11.3 Å². The number of nitrogen functional groups attached to an aromatic ring is 1. The summed E-state index contributed by atoms with van der Waals surface area (Å²) in [5, 5.41) is 2.50. The van der Waals surface area contributed by atoms with Gasteiger partial charge in [0.25, 0.3) is 5.91 Å². The van der Waals surface area contributed by atoms with Crippen molar-refractivity contribution in [2.45, 2.75) is 19.8 Å². The number of hydrogen-bond donors (Lipinski definition) is 2. The minimum atomic E-state index is -0.526. The highest BCUT2D eigenvalue weighted by molar-refractivity contribution is 6.04. The standard InChI is InChI=1S/C17H19FN2O2/c1-2-3-10-22-14-7-4-12(5-8-14)17(21)20-16-11-13(19)6-9-15(16)18/h4-9,11H,2-3,10,19H2,1H3,(H,20,21). The summed E-state index contributed by atoms with van der Waals surface area (Å²) in [5.74, 6) is -0.216. The topological polar surface area (TPSA) is 64.3 Å². The maximum atomic E-state index is 13.6. The molecular weight excluding hydrogens is 283 g/mol. The van der Waals surface area contributed by atoms with Crippen LogP contribution in [0.3, 0.4) is 0 Å². The molecule has 2 aromatic rings.